The first kappa shape index (κ1) is 14.5. The van der Waals surface area contributed by atoms with Crippen molar-refractivity contribution >= 4 is 5.78 Å². The van der Waals surface area contributed by atoms with Crippen molar-refractivity contribution < 1.29 is 14.3 Å². The third kappa shape index (κ3) is 3.11. The number of para-hydroxylation sites is 1. The molecule has 1 heterocycles. The number of morpholine rings is 1. The highest BCUT2D eigenvalue weighted by atomic mass is 16.5. The van der Waals surface area contributed by atoms with E-state index in [0.717, 1.165) is 26.0 Å². The van der Waals surface area contributed by atoms with Gasteiger partial charge in [-0.25, -0.2) is 0 Å². The lowest BCUT2D eigenvalue weighted by atomic mass is 9.90. The van der Waals surface area contributed by atoms with Crippen LogP contribution < -0.4 is 4.74 Å². The van der Waals surface area contributed by atoms with Crippen LogP contribution in [-0.2, 0) is 4.74 Å². The third-order valence-electron chi connectivity index (χ3n) is 4.60. The van der Waals surface area contributed by atoms with Crippen molar-refractivity contribution in [2.75, 3.05) is 26.8 Å². The van der Waals surface area contributed by atoms with E-state index in [9.17, 15) is 4.79 Å². The zero-order chi connectivity index (χ0) is 14.7. The number of Topliss-reactive ketones (excluding diaryl/α,β-unsaturated/α-hetero) is 1. The molecule has 4 nitrogen and oxygen atoms in total. The van der Waals surface area contributed by atoms with Crippen LogP contribution in [0.4, 0.5) is 0 Å². The van der Waals surface area contributed by atoms with Gasteiger partial charge in [-0.05, 0) is 25.0 Å². The number of nitrogens with zero attached hydrogens (tertiary/aromatic N) is 1. The molecule has 2 aliphatic rings. The Morgan fingerprint density at radius 1 is 1.33 bits per heavy atom. The van der Waals surface area contributed by atoms with Gasteiger partial charge in [-0.2, -0.15) is 0 Å². The maximum Gasteiger partial charge on any atom is 0.180 e. The Kier molecular flexibility index (Phi) is 4.56. The van der Waals surface area contributed by atoms with Gasteiger partial charge < -0.3 is 9.47 Å². The molecule has 4 heteroatoms. The highest BCUT2D eigenvalue weighted by Gasteiger charge is 2.35. The predicted molar refractivity (Wildman–Crippen MR) is 80.9 cm³/mol. The van der Waals surface area contributed by atoms with Crippen molar-refractivity contribution in [1.82, 2.24) is 4.90 Å². The molecule has 21 heavy (non-hydrogen) atoms. The maximum absolute atomic E-state index is 12.6. The molecule has 1 aromatic carbocycles. The minimum atomic E-state index is 0.138. The first-order chi connectivity index (χ1) is 10.3. The Labute approximate surface area is 126 Å². The molecule has 0 bridgehead atoms. The van der Waals surface area contributed by atoms with Gasteiger partial charge in [0.05, 0.1) is 31.9 Å². The number of carbonyl (C=O) groups is 1. The summed E-state index contributed by atoms with van der Waals surface area (Å²) in [6.45, 7) is 2.05. The summed E-state index contributed by atoms with van der Waals surface area (Å²) in [6, 6.07) is 7.88. The van der Waals surface area contributed by atoms with Crippen molar-refractivity contribution in [2.45, 2.75) is 37.8 Å². The fourth-order valence-electron chi connectivity index (χ4n) is 3.52. The summed E-state index contributed by atoms with van der Waals surface area (Å²) in [5.41, 5.74) is 0.679. The molecule has 1 aliphatic heterocycles. The first-order valence-electron chi connectivity index (χ1n) is 7.81. The fourth-order valence-corrected chi connectivity index (χ4v) is 3.52. The van der Waals surface area contributed by atoms with Crippen LogP contribution >= 0.6 is 0 Å². The van der Waals surface area contributed by atoms with Gasteiger partial charge in [-0.1, -0.05) is 25.0 Å². The van der Waals surface area contributed by atoms with Gasteiger partial charge in [0.2, 0.25) is 0 Å². The van der Waals surface area contributed by atoms with Gasteiger partial charge in [-0.3, -0.25) is 9.69 Å². The zero-order valence-corrected chi connectivity index (χ0v) is 12.6. The highest BCUT2D eigenvalue weighted by molar-refractivity contribution is 6.00. The van der Waals surface area contributed by atoms with Crippen molar-refractivity contribution in [1.29, 1.82) is 0 Å². The zero-order valence-electron chi connectivity index (χ0n) is 12.6. The molecule has 1 saturated heterocycles. The van der Waals surface area contributed by atoms with Gasteiger partial charge in [0, 0.05) is 12.6 Å². The molecule has 3 rings (SSSR count). The Morgan fingerprint density at radius 2 is 2.14 bits per heavy atom. The van der Waals surface area contributed by atoms with E-state index in [2.05, 4.69) is 4.90 Å². The van der Waals surface area contributed by atoms with E-state index >= 15 is 0 Å². The fraction of sp³-hybridized carbons (Fsp3) is 0.588. The Morgan fingerprint density at radius 3 is 3.00 bits per heavy atom. The van der Waals surface area contributed by atoms with E-state index in [1.165, 1.54) is 12.8 Å². The van der Waals surface area contributed by atoms with E-state index in [0.29, 0.717) is 30.0 Å². The summed E-state index contributed by atoms with van der Waals surface area (Å²) >= 11 is 0. The van der Waals surface area contributed by atoms with Crippen molar-refractivity contribution in [3.05, 3.63) is 29.8 Å². The molecule has 1 saturated carbocycles. The highest BCUT2D eigenvalue weighted by Crippen LogP contribution is 2.29. The number of hydrogen-bond donors (Lipinski definition) is 0. The summed E-state index contributed by atoms with van der Waals surface area (Å²) < 4.78 is 11.2. The average Bonchev–Trinajstić information content (AvgIpc) is 2.55. The second kappa shape index (κ2) is 6.58. The maximum atomic E-state index is 12.6. The molecular weight excluding hydrogens is 266 g/mol. The number of benzene rings is 1. The molecular formula is C17H23NO3. The number of methoxy groups -OCH3 is 1. The molecule has 1 aromatic rings. The number of rotatable bonds is 4. The molecule has 1 aliphatic carbocycles. The number of hydrogen-bond acceptors (Lipinski definition) is 4. The number of carbonyl (C=O) groups excluding carboxylic acids is 1. The van der Waals surface area contributed by atoms with Gasteiger partial charge in [0.25, 0.3) is 0 Å². The minimum absolute atomic E-state index is 0.138. The Bertz CT molecular complexity index is 501. The van der Waals surface area contributed by atoms with Crippen LogP contribution in [0.2, 0.25) is 0 Å². The normalized spacial score (nSPS) is 26.1. The monoisotopic (exact) mass is 289 g/mol. The van der Waals surface area contributed by atoms with Gasteiger partial charge in [0.15, 0.2) is 5.78 Å². The lowest BCUT2D eigenvalue weighted by Crippen LogP contribution is -2.53. The molecule has 114 valence electrons. The van der Waals surface area contributed by atoms with Crippen LogP contribution in [0.1, 0.15) is 36.0 Å². The predicted octanol–water partition coefficient (Wildman–Crippen LogP) is 2.52. The third-order valence-corrected chi connectivity index (χ3v) is 4.60. The largest absolute Gasteiger partial charge is 0.496 e. The SMILES string of the molecule is COc1ccccc1C(=O)CN1CCOC2CCCCC21. The summed E-state index contributed by atoms with van der Waals surface area (Å²) in [4.78, 5) is 14.9. The lowest BCUT2D eigenvalue weighted by molar-refractivity contribution is -0.0846. The quantitative estimate of drug-likeness (QED) is 0.798. The molecule has 0 N–H and O–H groups in total. The van der Waals surface area contributed by atoms with Crippen LogP contribution in [0.15, 0.2) is 24.3 Å². The van der Waals surface area contributed by atoms with Crippen LogP contribution in [0.3, 0.4) is 0 Å². The second-order valence-electron chi connectivity index (χ2n) is 5.85. The summed E-state index contributed by atoms with van der Waals surface area (Å²) in [5.74, 6) is 0.801. The molecule has 2 unspecified atom stereocenters. The molecule has 2 atom stereocenters. The smallest absolute Gasteiger partial charge is 0.180 e. The standard InChI is InChI=1S/C17H23NO3/c1-20-16-8-4-2-6-13(16)15(19)12-18-10-11-21-17-9-5-3-7-14(17)18/h2,4,6,8,14,17H,3,5,7,9-12H2,1H3. The molecule has 0 spiro atoms. The lowest BCUT2D eigenvalue weighted by Gasteiger charge is -2.43. The topological polar surface area (TPSA) is 38.8 Å². The first-order valence-corrected chi connectivity index (χ1v) is 7.81. The Hall–Kier alpha value is -1.39. The summed E-state index contributed by atoms with van der Waals surface area (Å²) in [6.07, 6.45) is 5.07. The van der Waals surface area contributed by atoms with Crippen molar-refractivity contribution in [3.8, 4) is 5.75 Å². The van der Waals surface area contributed by atoms with Gasteiger partial charge in [0.1, 0.15) is 5.75 Å². The van der Waals surface area contributed by atoms with Crippen LogP contribution in [0.25, 0.3) is 0 Å². The van der Waals surface area contributed by atoms with Crippen LogP contribution in [0, 0.1) is 0 Å². The molecule has 0 radical (unpaired) electrons. The molecule has 2 fully saturated rings. The van der Waals surface area contributed by atoms with E-state index in [1.54, 1.807) is 7.11 Å². The summed E-state index contributed by atoms with van der Waals surface area (Å²) in [5, 5.41) is 0. The minimum Gasteiger partial charge on any atom is -0.496 e. The van der Waals surface area contributed by atoms with E-state index in [1.807, 2.05) is 24.3 Å². The van der Waals surface area contributed by atoms with E-state index < -0.39 is 0 Å². The number of ketones is 1. The summed E-state index contributed by atoms with van der Waals surface area (Å²) in [7, 11) is 1.61. The number of ether oxygens (including phenoxy) is 2. The van der Waals surface area contributed by atoms with E-state index in [-0.39, 0.29) is 5.78 Å². The van der Waals surface area contributed by atoms with Gasteiger partial charge in [-0.15, -0.1) is 0 Å². The van der Waals surface area contributed by atoms with E-state index in [4.69, 9.17) is 9.47 Å². The second-order valence-corrected chi connectivity index (χ2v) is 5.85. The average molecular weight is 289 g/mol. The number of fused-ring (bicyclic) bond motifs is 1. The van der Waals surface area contributed by atoms with Crippen LogP contribution in [-0.4, -0.2) is 49.6 Å². The molecule has 0 amide bonds. The molecule has 0 aromatic heterocycles. The van der Waals surface area contributed by atoms with Crippen LogP contribution in [0.5, 0.6) is 5.75 Å². The van der Waals surface area contributed by atoms with Crippen molar-refractivity contribution in [3.63, 3.8) is 0 Å². The van der Waals surface area contributed by atoms with Crippen molar-refractivity contribution in [2.24, 2.45) is 0 Å². The van der Waals surface area contributed by atoms with Gasteiger partial charge >= 0.3 is 0 Å². The Balaban J connectivity index is 1.71.